The van der Waals surface area contributed by atoms with Crippen LogP contribution in [0.1, 0.15) is 39.9 Å². The molecule has 3 aromatic rings. The number of piperidine rings is 1. The molecule has 174 valence electrons. The fourth-order valence-electron chi connectivity index (χ4n) is 5.08. The molecule has 1 atom stereocenters. The summed E-state index contributed by atoms with van der Waals surface area (Å²) in [6.07, 6.45) is 2.36. The molecule has 2 aliphatic heterocycles. The van der Waals surface area contributed by atoms with E-state index in [0.717, 1.165) is 43.6 Å². The number of benzene rings is 3. The van der Waals surface area contributed by atoms with E-state index >= 15 is 0 Å². The standard InChI is InChI=1S/C29H31N3O2/c33-28(30-25-15-17-31(18-16-25)20-23-11-5-2-6-12-23)27(19-22-9-3-1-4-10-22)32-21-24-13-7-8-14-26(24)29(32)34/h1-14,25,27H,15-21H2,(H,30,33)/t27-/m0/s1. The third kappa shape index (κ3) is 5.05. The highest BCUT2D eigenvalue weighted by Gasteiger charge is 2.37. The first kappa shape index (κ1) is 22.4. The first-order chi connectivity index (χ1) is 16.7. The number of likely N-dealkylation sites (tertiary alicyclic amines) is 1. The number of amides is 2. The van der Waals surface area contributed by atoms with E-state index in [0.29, 0.717) is 18.5 Å². The molecule has 0 bridgehead atoms. The van der Waals surface area contributed by atoms with E-state index in [-0.39, 0.29) is 17.9 Å². The lowest BCUT2D eigenvalue weighted by Gasteiger charge is -2.34. The average Bonchev–Trinajstić information content (AvgIpc) is 3.21. The Morgan fingerprint density at radius 2 is 1.47 bits per heavy atom. The van der Waals surface area contributed by atoms with Crippen molar-refractivity contribution < 1.29 is 9.59 Å². The second-order valence-corrected chi connectivity index (χ2v) is 9.34. The van der Waals surface area contributed by atoms with Crippen LogP contribution in [0.5, 0.6) is 0 Å². The van der Waals surface area contributed by atoms with Crippen molar-refractivity contribution in [1.82, 2.24) is 15.1 Å². The van der Waals surface area contributed by atoms with Gasteiger partial charge in [0.2, 0.25) is 5.91 Å². The molecule has 1 fully saturated rings. The Labute approximate surface area is 201 Å². The molecule has 0 aromatic heterocycles. The van der Waals surface area contributed by atoms with Crippen LogP contribution in [0.4, 0.5) is 0 Å². The van der Waals surface area contributed by atoms with Gasteiger partial charge in [0.1, 0.15) is 6.04 Å². The predicted molar refractivity (Wildman–Crippen MR) is 133 cm³/mol. The van der Waals surface area contributed by atoms with Crippen molar-refractivity contribution in [3.8, 4) is 0 Å². The Hall–Kier alpha value is -3.44. The van der Waals surface area contributed by atoms with E-state index < -0.39 is 6.04 Å². The van der Waals surface area contributed by atoms with Crippen LogP contribution in [-0.4, -0.2) is 46.8 Å². The Morgan fingerprint density at radius 3 is 2.15 bits per heavy atom. The molecule has 5 heteroatoms. The second-order valence-electron chi connectivity index (χ2n) is 9.34. The van der Waals surface area contributed by atoms with E-state index in [9.17, 15) is 9.59 Å². The average molecular weight is 454 g/mol. The molecule has 1 N–H and O–H groups in total. The van der Waals surface area contributed by atoms with Crippen LogP contribution < -0.4 is 5.32 Å². The minimum atomic E-state index is -0.523. The second kappa shape index (κ2) is 10.2. The van der Waals surface area contributed by atoms with Gasteiger partial charge in [0, 0.05) is 44.2 Å². The van der Waals surface area contributed by atoms with Gasteiger partial charge in [0.05, 0.1) is 0 Å². The number of hydrogen-bond donors (Lipinski definition) is 1. The number of rotatable bonds is 7. The summed E-state index contributed by atoms with van der Waals surface area (Å²) in [6, 6.07) is 27.8. The van der Waals surface area contributed by atoms with Crippen LogP contribution >= 0.6 is 0 Å². The Kier molecular flexibility index (Phi) is 6.72. The summed E-state index contributed by atoms with van der Waals surface area (Å²) >= 11 is 0. The lowest BCUT2D eigenvalue weighted by atomic mass is 10.0. The van der Waals surface area contributed by atoms with Gasteiger partial charge in [-0.05, 0) is 35.6 Å². The molecular formula is C29H31N3O2. The van der Waals surface area contributed by atoms with Gasteiger partial charge >= 0.3 is 0 Å². The number of carbonyl (C=O) groups excluding carboxylic acids is 2. The van der Waals surface area contributed by atoms with Gasteiger partial charge in [-0.1, -0.05) is 78.9 Å². The third-order valence-corrected chi connectivity index (χ3v) is 6.98. The quantitative estimate of drug-likeness (QED) is 0.588. The maximum absolute atomic E-state index is 13.6. The van der Waals surface area contributed by atoms with E-state index in [1.807, 2.05) is 60.7 Å². The van der Waals surface area contributed by atoms with Crippen LogP contribution in [0.3, 0.4) is 0 Å². The fourth-order valence-corrected chi connectivity index (χ4v) is 5.08. The van der Waals surface area contributed by atoms with E-state index in [1.54, 1.807) is 4.90 Å². The number of carbonyl (C=O) groups is 2. The predicted octanol–water partition coefficient (Wildman–Crippen LogP) is 4.03. The zero-order valence-electron chi connectivity index (χ0n) is 19.4. The van der Waals surface area contributed by atoms with Crippen LogP contribution in [0.15, 0.2) is 84.9 Å². The van der Waals surface area contributed by atoms with Crippen molar-refractivity contribution in [1.29, 1.82) is 0 Å². The van der Waals surface area contributed by atoms with Gasteiger partial charge < -0.3 is 10.2 Å². The summed E-state index contributed by atoms with van der Waals surface area (Å²) in [5.41, 5.74) is 4.08. The summed E-state index contributed by atoms with van der Waals surface area (Å²) in [6.45, 7) is 3.34. The molecule has 0 aliphatic carbocycles. The van der Waals surface area contributed by atoms with Crippen molar-refractivity contribution in [2.45, 2.75) is 44.4 Å². The summed E-state index contributed by atoms with van der Waals surface area (Å²) in [5.74, 6) is -0.101. The van der Waals surface area contributed by atoms with Crippen molar-refractivity contribution in [3.05, 3.63) is 107 Å². The minimum Gasteiger partial charge on any atom is -0.351 e. The number of hydrogen-bond acceptors (Lipinski definition) is 3. The van der Waals surface area contributed by atoms with Gasteiger partial charge in [-0.3, -0.25) is 14.5 Å². The molecule has 2 heterocycles. The van der Waals surface area contributed by atoms with Crippen molar-refractivity contribution in [3.63, 3.8) is 0 Å². The summed E-state index contributed by atoms with van der Waals surface area (Å²) in [4.78, 5) is 30.9. The van der Waals surface area contributed by atoms with Crippen LogP contribution in [0, 0.1) is 0 Å². The van der Waals surface area contributed by atoms with Crippen molar-refractivity contribution in [2.75, 3.05) is 13.1 Å². The van der Waals surface area contributed by atoms with Crippen molar-refractivity contribution >= 4 is 11.8 Å². The summed E-state index contributed by atoms with van der Waals surface area (Å²) in [5, 5.41) is 3.29. The monoisotopic (exact) mass is 453 g/mol. The van der Waals surface area contributed by atoms with Crippen LogP contribution in [0.2, 0.25) is 0 Å². The van der Waals surface area contributed by atoms with Crippen LogP contribution in [0.25, 0.3) is 0 Å². The maximum Gasteiger partial charge on any atom is 0.255 e. The number of fused-ring (bicyclic) bond motifs is 1. The van der Waals surface area contributed by atoms with E-state index in [1.165, 1.54) is 5.56 Å². The smallest absolute Gasteiger partial charge is 0.255 e. The molecule has 5 nitrogen and oxygen atoms in total. The number of nitrogens with zero attached hydrogens (tertiary/aromatic N) is 2. The van der Waals surface area contributed by atoms with Gasteiger partial charge in [-0.15, -0.1) is 0 Å². The largest absolute Gasteiger partial charge is 0.351 e. The molecule has 1 saturated heterocycles. The molecule has 2 amide bonds. The molecule has 5 rings (SSSR count). The lowest BCUT2D eigenvalue weighted by molar-refractivity contribution is -0.126. The SMILES string of the molecule is O=C(NC1CCN(Cc2ccccc2)CC1)[C@H](Cc1ccccc1)N1Cc2ccccc2C1=O. The fraction of sp³-hybridized carbons (Fsp3) is 0.310. The molecule has 0 unspecified atom stereocenters. The Morgan fingerprint density at radius 1 is 0.853 bits per heavy atom. The molecular weight excluding hydrogens is 422 g/mol. The first-order valence-electron chi connectivity index (χ1n) is 12.2. The lowest BCUT2D eigenvalue weighted by Crippen LogP contribution is -2.53. The molecule has 2 aliphatic rings. The molecule has 0 spiro atoms. The van der Waals surface area contributed by atoms with Gasteiger partial charge in [-0.2, -0.15) is 0 Å². The topological polar surface area (TPSA) is 52.7 Å². The molecule has 3 aromatic carbocycles. The highest BCUT2D eigenvalue weighted by Crippen LogP contribution is 2.26. The molecule has 0 radical (unpaired) electrons. The van der Waals surface area contributed by atoms with Crippen LogP contribution in [-0.2, 0) is 24.3 Å². The highest BCUT2D eigenvalue weighted by molar-refractivity contribution is 6.01. The van der Waals surface area contributed by atoms with Crippen molar-refractivity contribution in [2.24, 2.45) is 0 Å². The maximum atomic E-state index is 13.6. The molecule has 34 heavy (non-hydrogen) atoms. The summed E-state index contributed by atoms with van der Waals surface area (Å²) in [7, 11) is 0. The van der Waals surface area contributed by atoms with E-state index in [2.05, 4.69) is 34.5 Å². The van der Waals surface area contributed by atoms with E-state index in [4.69, 9.17) is 0 Å². The number of nitrogens with one attached hydrogen (secondary N) is 1. The highest BCUT2D eigenvalue weighted by atomic mass is 16.2. The van der Waals surface area contributed by atoms with Gasteiger partial charge in [0.15, 0.2) is 0 Å². The zero-order chi connectivity index (χ0) is 23.3. The minimum absolute atomic E-state index is 0.0495. The van der Waals surface area contributed by atoms with Gasteiger partial charge in [-0.25, -0.2) is 0 Å². The Bertz CT molecular complexity index is 1120. The molecule has 0 saturated carbocycles. The normalized spacial score (nSPS) is 17.4. The zero-order valence-corrected chi connectivity index (χ0v) is 19.4. The summed E-state index contributed by atoms with van der Waals surface area (Å²) < 4.78 is 0. The first-order valence-corrected chi connectivity index (χ1v) is 12.2. The third-order valence-electron chi connectivity index (χ3n) is 6.98. The van der Waals surface area contributed by atoms with Gasteiger partial charge in [0.25, 0.3) is 5.91 Å². The Balaban J connectivity index is 1.25.